The molecule has 1 heterocycles. The Balaban J connectivity index is 0. The minimum atomic E-state index is -1.11. The summed E-state index contributed by atoms with van der Waals surface area (Å²) >= 11 is 0. The molecule has 1 saturated heterocycles. The van der Waals surface area contributed by atoms with Crippen LogP contribution < -0.4 is 5.32 Å². The predicted molar refractivity (Wildman–Crippen MR) is 67.1 cm³/mol. The first-order valence-corrected chi connectivity index (χ1v) is 5.91. The lowest BCUT2D eigenvalue weighted by Gasteiger charge is -1.89. The molecule has 10 heteroatoms. The Labute approximate surface area is 120 Å². The number of rotatable bonds is 5. The molecule has 122 valence electrons. The molecule has 0 radical (unpaired) electrons. The van der Waals surface area contributed by atoms with Crippen LogP contribution in [0.1, 0.15) is 25.7 Å². The number of nitrogens with one attached hydrogen (secondary N) is 1. The molecule has 21 heavy (non-hydrogen) atoms. The molecule has 0 aliphatic carbocycles. The molecule has 0 aromatic rings. The maximum absolute atomic E-state index is 10.2. The zero-order chi connectivity index (χ0) is 16.8. The number of imide groups is 1. The average Bonchev–Trinajstić information content (AvgIpc) is 2.66. The Hall–Kier alpha value is -2.04. The second-order valence-electron chi connectivity index (χ2n) is 3.72. The summed E-state index contributed by atoms with van der Waals surface area (Å²) in [4.78, 5) is 40.0. The Kier molecular flexibility index (Phi) is 13.1. The third-order valence-corrected chi connectivity index (χ3v) is 1.83. The van der Waals surface area contributed by atoms with E-state index in [1.165, 1.54) is 0 Å². The number of aliphatic hydroxyl groups excluding tert-OH is 3. The van der Waals surface area contributed by atoms with Crippen LogP contribution in [0.2, 0.25) is 0 Å². The smallest absolute Gasteiger partial charge is 0.303 e. The molecule has 0 saturated carbocycles. The maximum Gasteiger partial charge on any atom is 0.303 e. The summed E-state index contributed by atoms with van der Waals surface area (Å²) in [7, 11) is 0. The molecule has 1 unspecified atom stereocenters. The maximum atomic E-state index is 10.2. The van der Waals surface area contributed by atoms with Crippen molar-refractivity contribution in [1.29, 1.82) is 0 Å². The van der Waals surface area contributed by atoms with E-state index >= 15 is 0 Å². The van der Waals surface area contributed by atoms with Crippen LogP contribution in [-0.4, -0.2) is 68.6 Å². The van der Waals surface area contributed by atoms with Crippen molar-refractivity contribution in [3.63, 3.8) is 0 Å². The van der Waals surface area contributed by atoms with Crippen molar-refractivity contribution in [2.24, 2.45) is 0 Å². The Morgan fingerprint density at radius 2 is 1.48 bits per heavy atom. The van der Waals surface area contributed by atoms with Gasteiger partial charge in [0.05, 0.1) is 19.6 Å². The van der Waals surface area contributed by atoms with E-state index in [0.717, 1.165) is 0 Å². The monoisotopic (exact) mass is 309 g/mol. The highest BCUT2D eigenvalue weighted by molar-refractivity contribution is 6.04. The molecule has 1 atom stereocenters. The van der Waals surface area contributed by atoms with Crippen molar-refractivity contribution in [2.45, 2.75) is 31.8 Å². The fourth-order valence-corrected chi connectivity index (χ4v) is 0.931. The van der Waals surface area contributed by atoms with E-state index in [-0.39, 0.29) is 38.9 Å². The number of carbonyl (C=O) groups is 4. The molecule has 2 amide bonds. The largest absolute Gasteiger partial charge is 0.481 e. The van der Waals surface area contributed by atoms with Gasteiger partial charge >= 0.3 is 11.9 Å². The lowest BCUT2D eigenvalue weighted by Crippen LogP contribution is -2.24. The Bertz CT molecular complexity index is 340. The molecular weight excluding hydrogens is 290 g/mol. The highest BCUT2D eigenvalue weighted by atomic mass is 16.4. The quantitative estimate of drug-likeness (QED) is 0.304. The highest BCUT2D eigenvalue weighted by Crippen LogP contribution is 1.98. The summed E-state index contributed by atoms with van der Waals surface area (Å²) in [6.45, 7) is -0.250. The first-order valence-electron chi connectivity index (χ1n) is 5.91. The van der Waals surface area contributed by atoms with Gasteiger partial charge in [0.1, 0.15) is 6.10 Å². The van der Waals surface area contributed by atoms with Crippen molar-refractivity contribution < 1.29 is 44.7 Å². The highest BCUT2D eigenvalue weighted by Gasteiger charge is 2.27. The number of amides is 2. The SMILES string of the molecule is O=C(O)CCCC(=O)O.O=C1CC(O)C(=O)N1.OCCO. The molecule has 0 aromatic heterocycles. The lowest BCUT2D eigenvalue weighted by atomic mass is 10.2. The molecule has 1 fully saturated rings. The molecule has 0 bridgehead atoms. The Morgan fingerprint density at radius 1 is 1.05 bits per heavy atom. The van der Waals surface area contributed by atoms with Crippen LogP contribution in [0.5, 0.6) is 0 Å². The summed E-state index contributed by atoms with van der Waals surface area (Å²) in [6, 6.07) is 0. The number of hydrogen-bond acceptors (Lipinski definition) is 7. The average molecular weight is 309 g/mol. The Morgan fingerprint density at radius 3 is 1.62 bits per heavy atom. The molecule has 1 aliphatic heterocycles. The van der Waals surface area contributed by atoms with Gasteiger partial charge in [-0.1, -0.05) is 0 Å². The number of carboxylic acid groups (broad SMARTS) is 2. The topological polar surface area (TPSA) is 181 Å². The summed E-state index contributed by atoms with van der Waals surface area (Å²) in [5, 5.41) is 41.8. The van der Waals surface area contributed by atoms with Crippen molar-refractivity contribution in [2.75, 3.05) is 13.2 Å². The van der Waals surface area contributed by atoms with Gasteiger partial charge in [0.2, 0.25) is 5.91 Å². The van der Waals surface area contributed by atoms with Crippen molar-refractivity contribution >= 4 is 23.8 Å². The third-order valence-electron chi connectivity index (χ3n) is 1.83. The van der Waals surface area contributed by atoms with Crippen molar-refractivity contribution in [1.82, 2.24) is 5.32 Å². The molecule has 1 rings (SSSR count). The fraction of sp³-hybridized carbons (Fsp3) is 0.636. The van der Waals surface area contributed by atoms with Crippen LogP contribution in [0.15, 0.2) is 0 Å². The van der Waals surface area contributed by atoms with Crippen LogP contribution in [0.25, 0.3) is 0 Å². The second kappa shape index (κ2) is 13.0. The first kappa shape index (κ1) is 21.3. The number of aliphatic carboxylic acids is 2. The third kappa shape index (κ3) is 15.9. The molecule has 6 N–H and O–H groups in total. The number of carboxylic acids is 2. The molecule has 0 aromatic carbocycles. The number of aliphatic hydroxyl groups is 3. The van der Waals surface area contributed by atoms with E-state index in [1.807, 2.05) is 5.32 Å². The van der Waals surface area contributed by atoms with Crippen LogP contribution in [0.4, 0.5) is 0 Å². The van der Waals surface area contributed by atoms with Crippen LogP contribution in [0, 0.1) is 0 Å². The summed E-state index contributed by atoms with van der Waals surface area (Å²) in [5.41, 5.74) is 0. The van der Waals surface area contributed by atoms with Crippen LogP contribution >= 0.6 is 0 Å². The van der Waals surface area contributed by atoms with E-state index in [0.29, 0.717) is 0 Å². The van der Waals surface area contributed by atoms with Gasteiger partial charge in [0, 0.05) is 12.8 Å². The zero-order valence-corrected chi connectivity index (χ0v) is 11.2. The summed E-state index contributed by atoms with van der Waals surface area (Å²) in [6.07, 6.45) is -1.11. The second-order valence-corrected chi connectivity index (χ2v) is 3.72. The normalized spacial score (nSPS) is 16.0. The van der Waals surface area contributed by atoms with Crippen molar-refractivity contribution in [3.8, 4) is 0 Å². The first-order chi connectivity index (χ1) is 9.74. The van der Waals surface area contributed by atoms with Gasteiger partial charge < -0.3 is 25.5 Å². The van der Waals surface area contributed by atoms with Gasteiger partial charge in [-0.15, -0.1) is 0 Å². The summed E-state index contributed by atoms with van der Waals surface area (Å²) < 4.78 is 0. The molecule has 0 spiro atoms. The van der Waals surface area contributed by atoms with E-state index in [4.69, 9.17) is 25.5 Å². The molecule has 1 aliphatic rings. The number of hydrogen-bond donors (Lipinski definition) is 6. The predicted octanol–water partition coefficient (Wildman–Crippen LogP) is -2.31. The van der Waals surface area contributed by atoms with Gasteiger partial charge in [-0.2, -0.15) is 0 Å². The van der Waals surface area contributed by atoms with Gasteiger partial charge in [0.15, 0.2) is 0 Å². The van der Waals surface area contributed by atoms with E-state index in [1.54, 1.807) is 0 Å². The minimum absolute atomic E-state index is 0.0632. The van der Waals surface area contributed by atoms with Gasteiger partial charge in [-0.05, 0) is 6.42 Å². The van der Waals surface area contributed by atoms with Gasteiger partial charge in [-0.25, -0.2) is 0 Å². The van der Waals surface area contributed by atoms with E-state index in [9.17, 15) is 19.2 Å². The van der Waals surface area contributed by atoms with Gasteiger partial charge in [-0.3, -0.25) is 24.5 Å². The zero-order valence-electron chi connectivity index (χ0n) is 11.2. The van der Waals surface area contributed by atoms with Crippen LogP contribution in [-0.2, 0) is 19.2 Å². The van der Waals surface area contributed by atoms with E-state index in [2.05, 4.69) is 0 Å². The lowest BCUT2D eigenvalue weighted by molar-refractivity contribution is -0.138. The van der Waals surface area contributed by atoms with Crippen molar-refractivity contribution in [3.05, 3.63) is 0 Å². The van der Waals surface area contributed by atoms with Gasteiger partial charge in [0.25, 0.3) is 5.91 Å². The van der Waals surface area contributed by atoms with E-state index < -0.39 is 29.9 Å². The summed E-state index contributed by atoms with van der Waals surface area (Å²) in [5.74, 6) is -2.88. The van der Waals surface area contributed by atoms with Crippen LogP contribution in [0.3, 0.4) is 0 Å². The molecule has 10 nitrogen and oxygen atoms in total. The fourth-order valence-electron chi connectivity index (χ4n) is 0.931. The number of carbonyl (C=O) groups excluding carboxylic acids is 2. The molecular formula is C11H19NO9. The minimum Gasteiger partial charge on any atom is -0.481 e. The standard InChI is InChI=1S/C5H8O4.C4H5NO3.C2H6O2/c6-4(7)2-1-3-5(8)9;6-2-1-3(7)5-4(2)8;3-1-2-4/h1-3H2,(H,6,7)(H,8,9);2,6H,1H2,(H,5,7,8);3-4H,1-2H2.